The summed E-state index contributed by atoms with van der Waals surface area (Å²) in [5, 5.41) is 0. The first-order chi connectivity index (χ1) is 14.6. The molecule has 0 atom stereocenters. The second kappa shape index (κ2) is 8.97. The van der Waals surface area contributed by atoms with Gasteiger partial charge in [-0.25, -0.2) is 0 Å². The van der Waals surface area contributed by atoms with Crippen molar-refractivity contribution >= 4 is 17.7 Å². The lowest BCUT2D eigenvalue weighted by Crippen LogP contribution is -2.18. The Labute approximate surface area is 180 Å². The number of benzene rings is 3. The third kappa shape index (κ3) is 4.60. The van der Waals surface area contributed by atoms with Gasteiger partial charge in [0.2, 0.25) is 0 Å². The highest BCUT2D eigenvalue weighted by Gasteiger charge is 2.30. The number of allylic oxidation sites excluding steroid dienone is 6. The molecule has 0 saturated heterocycles. The van der Waals surface area contributed by atoms with E-state index in [0.717, 1.165) is 6.42 Å². The third-order valence-corrected chi connectivity index (χ3v) is 5.74. The smallest absolute Gasteiger partial charge is 0.0359 e. The van der Waals surface area contributed by atoms with Crippen LogP contribution in [0.2, 0.25) is 0 Å². The van der Waals surface area contributed by atoms with Crippen molar-refractivity contribution in [3.8, 4) is 0 Å². The Kier molecular flexibility index (Phi) is 5.95. The van der Waals surface area contributed by atoms with Gasteiger partial charge in [-0.2, -0.15) is 0 Å². The Morgan fingerprint density at radius 3 is 1.73 bits per heavy atom. The van der Waals surface area contributed by atoms with E-state index in [1.54, 1.807) is 0 Å². The largest absolute Gasteiger partial charge is 0.0830 e. The van der Waals surface area contributed by atoms with Gasteiger partial charge >= 0.3 is 0 Å². The van der Waals surface area contributed by atoms with E-state index in [4.69, 9.17) is 0 Å². The topological polar surface area (TPSA) is 0 Å². The summed E-state index contributed by atoms with van der Waals surface area (Å²) in [6.07, 6.45) is 16.9. The van der Waals surface area contributed by atoms with E-state index in [1.165, 1.54) is 33.4 Å². The molecule has 0 nitrogen and oxygen atoms in total. The molecular formula is C30H28. The van der Waals surface area contributed by atoms with E-state index in [9.17, 15) is 0 Å². The maximum Gasteiger partial charge on any atom is 0.0359 e. The molecule has 0 N–H and O–H groups in total. The van der Waals surface area contributed by atoms with E-state index in [0.29, 0.717) is 0 Å². The van der Waals surface area contributed by atoms with Crippen LogP contribution in [0.25, 0.3) is 17.7 Å². The molecule has 0 spiro atoms. The maximum atomic E-state index is 2.37. The zero-order valence-electron chi connectivity index (χ0n) is 17.8. The van der Waals surface area contributed by atoms with Crippen molar-refractivity contribution in [2.24, 2.45) is 5.41 Å². The zero-order chi connectivity index (χ0) is 20.8. The summed E-state index contributed by atoms with van der Waals surface area (Å²) in [5.74, 6) is 0. The molecule has 0 bridgehead atoms. The Balaban J connectivity index is 1.77. The Hall–Kier alpha value is -3.38. The number of hydrogen-bond acceptors (Lipinski definition) is 0. The standard InChI is InChI=1S/C30H28/c1-24-11-15-26(16-12-24)19-22-30(23-20-27-17-13-25(2)14-18-27)21-7-6-10-29(30)28-8-4-3-5-9-28/h3-20,22-23H,21H2,1-2H3. The molecule has 3 aromatic rings. The SMILES string of the molecule is Cc1ccc(C=CC2(C=Cc3ccc(C)cc3)CC=CC=C2c2ccccc2)cc1. The average molecular weight is 389 g/mol. The quantitative estimate of drug-likeness (QED) is 0.414. The molecule has 0 saturated carbocycles. The minimum Gasteiger partial charge on any atom is -0.0830 e. The minimum atomic E-state index is -0.189. The first-order valence-electron chi connectivity index (χ1n) is 10.6. The zero-order valence-corrected chi connectivity index (χ0v) is 17.8. The van der Waals surface area contributed by atoms with Crippen LogP contribution in [0.4, 0.5) is 0 Å². The van der Waals surface area contributed by atoms with Crippen LogP contribution >= 0.6 is 0 Å². The Morgan fingerprint density at radius 2 is 1.20 bits per heavy atom. The molecule has 4 rings (SSSR count). The molecule has 1 aliphatic rings. The van der Waals surface area contributed by atoms with Crippen LogP contribution in [0.1, 0.15) is 34.2 Å². The summed E-state index contributed by atoms with van der Waals surface area (Å²) in [6.45, 7) is 4.25. The summed E-state index contributed by atoms with van der Waals surface area (Å²) in [4.78, 5) is 0. The van der Waals surface area contributed by atoms with Gasteiger partial charge in [-0.1, -0.05) is 133 Å². The van der Waals surface area contributed by atoms with Crippen molar-refractivity contribution in [3.63, 3.8) is 0 Å². The number of hydrogen-bond donors (Lipinski definition) is 0. The van der Waals surface area contributed by atoms with Gasteiger partial charge in [-0.3, -0.25) is 0 Å². The monoisotopic (exact) mass is 388 g/mol. The van der Waals surface area contributed by atoms with Gasteiger partial charge in [-0.15, -0.1) is 0 Å². The van der Waals surface area contributed by atoms with Crippen LogP contribution in [-0.4, -0.2) is 0 Å². The molecule has 3 aromatic carbocycles. The van der Waals surface area contributed by atoms with Crippen molar-refractivity contribution in [3.05, 3.63) is 137 Å². The molecule has 30 heavy (non-hydrogen) atoms. The van der Waals surface area contributed by atoms with Crippen LogP contribution in [0.5, 0.6) is 0 Å². The summed E-state index contributed by atoms with van der Waals surface area (Å²) < 4.78 is 0. The summed E-state index contributed by atoms with van der Waals surface area (Å²) in [7, 11) is 0. The van der Waals surface area contributed by atoms with E-state index in [1.807, 2.05) is 0 Å². The summed E-state index contributed by atoms with van der Waals surface area (Å²) >= 11 is 0. The molecular weight excluding hydrogens is 360 g/mol. The molecule has 0 fully saturated rings. The highest BCUT2D eigenvalue weighted by atomic mass is 14.3. The molecule has 0 heterocycles. The molecule has 0 amide bonds. The third-order valence-electron chi connectivity index (χ3n) is 5.74. The molecule has 0 aliphatic heterocycles. The van der Waals surface area contributed by atoms with Crippen molar-refractivity contribution < 1.29 is 0 Å². The molecule has 0 heteroatoms. The second-order valence-corrected chi connectivity index (χ2v) is 8.11. The van der Waals surface area contributed by atoms with Gasteiger partial charge < -0.3 is 0 Å². The highest BCUT2D eigenvalue weighted by molar-refractivity contribution is 5.79. The Bertz CT molecular complexity index is 1030. The van der Waals surface area contributed by atoms with Gasteiger partial charge in [0.25, 0.3) is 0 Å². The van der Waals surface area contributed by atoms with Gasteiger partial charge in [-0.05, 0) is 42.5 Å². The van der Waals surface area contributed by atoms with Crippen LogP contribution in [-0.2, 0) is 0 Å². The lowest BCUT2D eigenvalue weighted by atomic mass is 9.71. The maximum absolute atomic E-state index is 2.37. The van der Waals surface area contributed by atoms with Crippen LogP contribution in [0.3, 0.4) is 0 Å². The first kappa shape index (κ1) is 19.9. The van der Waals surface area contributed by atoms with Crippen molar-refractivity contribution in [1.29, 1.82) is 0 Å². The molecule has 0 aromatic heterocycles. The molecule has 0 radical (unpaired) electrons. The lowest BCUT2D eigenvalue weighted by Gasteiger charge is -2.32. The predicted octanol–water partition coefficient (Wildman–Crippen LogP) is 8.06. The molecule has 148 valence electrons. The average Bonchev–Trinajstić information content (AvgIpc) is 2.79. The molecule has 0 unspecified atom stereocenters. The van der Waals surface area contributed by atoms with Crippen LogP contribution in [0, 0.1) is 19.3 Å². The van der Waals surface area contributed by atoms with Crippen molar-refractivity contribution in [2.45, 2.75) is 20.3 Å². The lowest BCUT2D eigenvalue weighted by molar-refractivity contribution is 0.664. The van der Waals surface area contributed by atoms with Gasteiger partial charge in [0.15, 0.2) is 0 Å². The van der Waals surface area contributed by atoms with Gasteiger partial charge in [0, 0.05) is 5.41 Å². The van der Waals surface area contributed by atoms with E-state index in [-0.39, 0.29) is 5.41 Å². The predicted molar refractivity (Wildman–Crippen MR) is 131 cm³/mol. The van der Waals surface area contributed by atoms with Crippen molar-refractivity contribution in [1.82, 2.24) is 0 Å². The van der Waals surface area contributed by atoms with E-state index < -0.39 is 0 Å². The van der Waals surface area contributed by atoms with Crippen molar-refractivity contribution in [2.75, 3.05) is 0 Å². The number of rotatable bonds is 5. The fourth-order valence-electron chi connectivity index (χ4n) is 3.89. The van der Waals surface area contributed by atoms with Gasteiger partial charge in [0.1, 0.15) is 0 Å². The minimum absolute atomic E-state index is 0.189. The van der Waals surface area contributed by atoms with Gasteiger partial charge in [0.05, 0.1) is 0 Å². The van der Waals surface area contributed by atoms with Crippen LogP contribution in [0.15, 0.2) is 109 Å². The summed E-state index contributed by atoms with van der Waals surface area (Å²) in [6, 6.07) is 28.2. The normalized spacial score (nSPS) is 18.8. The summed E-state index contributed by atoms with van der Waals surface area (Å²) in [5.41, 5.74) is 7.43. The first-order valence-corrected chi connectivity index (χ1v) is 10.6. The van der Waals surface area contributed by atoms with E-state index in [2.05, 4.69) is 135 Å². The van der Waals surface area contributed by atoms with E-state index >= 15 is 0 Å². The fraction of sp³-hybridized carbons (Fsp3) is 0.133. The fourth-order valence-corrected chi connectivity index (χ4v) is 3.89. The second-order valence-electron chi connectivity index (χ2n) is 8.11. The molecule has 1 aliphatic carbocycles. The van der Waals surface area contributed by atoms with Crippen LogP contribution < -0.4 is 0 Å². The Morgan fingerprint density at radius 1 is 0.667 bits per heavy atom. The number of aryl methyl sites for hydroxylation is 2. The highest BCUT2D eigenvalue weighted by Crippen LogP contribution is 2.44.